The van der Waals surface area contributed by atoms with Crippen molar-refractivity contribution in [3.63, 3.8) is 0 Å². The zero-order valence-corrected chi connectivity index (χ0v) is 13.8. The number of phenols is 1. The number of carbonyl (C=O) groups is 2. The number of rotatable bonds is 5. The van der Waals surface area contributed by atoms with Gasteiger partial charge in [0.15, 0.2) is 0 Å². The van der Waals surface area contributed by atoms with Crippen LogP contribution in [-0.4, -0.2) is 28.8 Å². The lowest BCUT2D eigenvalue weighted by atomic mass is 10.1. The van der Waals surface area contributed by atoms with Crippen molar-refractivity contribution in [1.82, 2.24) is 0 Å². The summed E-state index contributed by atoms with van der Waals surface area (Å²) in [6.07, 6.45) is 0. The van der Waals surface area contributed by atoms with Gasteiger partial charge in [0.1, 0.15) is 5.75 Å². The topological polar surface area (TPSA) is 87.1 Å². The first-order valence-electron chi connectivity index (χ1n) is 6.74. The molecule has 23 heavy (non-hydrogen) atoms. The third kappa shape index (κ3) is 3.62. The van der Waals surface area contributed by atoms with Gasteiger partial charge in [-0.3, -0.25) is 3.93 Å². The Morgan fingerprint density at radius 2 is 1.83 bits per heavy atom. The molecule has 0 atom stereocenters. The van der Waals surface area contributed by atoms with E-state index in [1.54, 1.807) is 25.1 Å². The number of para-hydroxylation sites is 1. The Morgan fingerprint density at radius 3 is 2.48 bits per heavy atom. The van der Waals surface area contributed by atoms with Crippen molar-refractivity contribution >= 4 is 39.5 Å². The monoisotopic (exact) mass is 379 g/mol. The van der Waals surface area contributed by atoms with Crippen LogP contribution in [0.4, 0.5) is 11.4 Å². The molecule has 0 aliphatic carbocycles. The largest absolute Gasteiger partial charge is 0.508 e. The van der Waals surface area contributed by atoms with Crippen LogP contribution in [0.1, 0.15) is 27.6 Å². The molecule has 0 heterocycles. The van der Waals surface area contributed by atoms with E-state index >= 15 is 0 Å². The number of nitrogens with zero attached hydrogens (tertiary/aromatic N) is 1. The second-order valence-corrected chi connectivity index (χ2v) is 5.23. The molecule has 120 valence electrons. The molecule has 0 aromatic heterocycles. The molecule has 0 saturated heterocycles. The van der Waals surface area contributed by atoms with E-state index < -0.39 is 11.9 Å². The van der Waals surface area contributed by atoms with Gasteiger partial charge in [-0.05, 0) is 31.2 Å². The Labute approximate surface area is 141 Å². The minimum absolute atomic E-state index is 0.0440. The van der Waals surface area contributed by atoms with Crippen LogP contribution in [0.25, 0.3) is 0 Å². The van der Waals surface area contributed by atoms with Gasteiger partial charge in [-0.2, -0.15) is 0 Å². The maximum Gasteiger partial charge on any atom is 0.340 e. The van der Waals surface area contributed by atoms with Crippen molar-refractivity contribution in [2.24, 2.45) is 0 Å². The number of hydrogen-bond acceptors (Lipinski definition) is 5. The van der Waals surface area contributed by atoms with Gasteiger partial charge in [-0.1, -0.05) is 12.1 Å². The lowest BCUT2D eigenvalue weighted by molar-refractivity contribution is 0.0527. The summed E-state index contributed by atoms with van der Waals surface area (Å²) in [6.45, 7) is 1.89. The lowest BCUT2D eigenvalue weighted by Gasteiger charge is -2.21. The predicted molar refractivity (Wildman–Crippen MR) is 88.5 cm³/mol. The highest BCUT2D eigenvalue weighted by Crippen LogP contribution is 2.36. The molecule has 2 rings (SSSR count). The SMILES string of the molecule is CCOC(=O)c1ccc(O)cc1N(Br)c1ccccc1C(=O)O. The number of aromatic hydroxyl groups is 1. The van der Waals surface area contributed by atoms with Crippen LogP contribution in [0.2, 0.25) is 0 Å². The number of esters is 1. The fraction of sp³-hybridized carbons (Fsp3) is 0.125. The third-order valence-corrected chi connectivity index (χ3v) is 3.80. The summed E-state index contributed by atoms with van der Waals surface area (Å²) in [7, 11) is 0. The van der Waals surface area contributed by atoms with E-state index in [0.29, 0.717) is 5.69 Å². The molecule has 0 fully saturated rings. The fourth-order valence-electron chi connectivity index (χ4n) is 2.02. The Kier molecular flexibility index (Phi) is 5.23. The minimum Gasteiger partial charge on any atom is -0.508 e. The van der Waals surface area contributed by atoms with Crippen LogP contribution in [0, 0.1) is 0 Å². The number of benzene rings is 2. The standard InChI is InChI=1S/C16H14BrNO5/c1-2-23-16(22)12-8-7-10(19)9-14(12)18(17)13-6-4-3-5-11(13)15(20)21/h3-9,19H,2H2,1H3,(H,20,21). The number of halogens is 1. The number of ether oxygens (including phenoxy) is 1. The highest BCUT2D eigenvalue weighted by atomic mass is 79.9. The lowest BCUT2D eigenvalue weighted by Crippen LogP contribution is -2.13. The summed E-state index contributed by atoms with van der Waals surface area (Å²) in [6, 6.07) is 10.4. The van der Waals surface area contributed by atoms with Gasteiger partial charge >= 0.3 is 11.9 Å². The van der Waals surface area contributed by atoms with E-state index in [1.165, 1.54) is 28.2 Å². The molecular formula is C16H14BrNO5. The molecule has 0 aliphatic heterocycles. The summed E-state index contributed by atoms with van der Waals surface area (Å²) >= 11 is 3.27. The van der Waals surface area contributed by atoms with E-state index in [4.69, 9.17) is 4.74 Å². The fourth-order valence-corrected chi connectivity index (χ4v) is 2.62. The van der Waals surface area contributed by atoms with Gasteiger partial charge in [0, 0.05) is 6.07 Å². The molecule has 2 N–H and O–H groups in total. The summed E-state index contributed by atoms with van der Waals surface area (Å²) in [5.41, 5.74) is 0.831. The van der Waals surface area contributed by atoms with Crippen LogP contribution in [-0.2, 0) is 4.74 Å². The second kappa shape index (κ2) is 7.15. The van der Waals surface area contributed by atoms with E-state index in [2.05, 4.69) is 16.1 Å². The van der Waals surface area contributed by atoms with Gasteiger partial charge in [-0.15, -0.1) is 0 Å². The average molecular weight is 380 g/mol. The minimum atomic E-state index is -1.11. The number of anilines is 2. The highest BCUT2D eigenvalue weighted by molar-refractivity contribution is 9.10. The summed E-state index contributed by atoms with van der Waals surface area (Å²) < 4.78 is 6.34. The molecule has 0 aliphatic rings. The normalized spacial score (nSPS) is 10.2. The number of hydrogen-bond donors (Lipinski definition) is 2. The Hall–Kier alpha value is -2.54. The molecule has 0 spiro atoms. The van der Waals surface area contributed by atoms with E-state index in [9.17, 15) is 19.8 Å². The maximum atomic E-state index is 12.1. The van der Waals surface area contributed by atoms with Crippen molar-refractivity contribution in [2.45, 2.75) is 6.92 Å². The summed E-state index contributed by atoms with van der Waals surface area (Å²) in [4.78, 5) is 23.4. The van der Waals surface area contributed by atoms with Crippen molar-refractivity contribution in [3.8, 4) is 5.75 Å². The van der Waals surface area contributed by atoms with E-state index in [-0.39, 0.29) is 29.2 Å². The van der Waals surface area contributed by atoms with Crippen molar-refractivity contribution in [1.29, 1.82) is 0 Å². The van der Waals surface area contributed by atoms with Crippen LogP contribution in [0.15, 0.2) is 42.5 Å². The average Bonchev–Trinajstić information content (AvgIpc) is 2.54. The van der Waals surface area contributed by atoms with Gasteiger partial charge < -0.3 is 14.9 Å². The molecule has 0 radical (unpaired) electrons. The molecule has 2 aromatic carbocycles. The molecular weight excluding hydrogens is 366 g/mol. The molecule has 0 unspecified atom stereocenters. The molecule has 7 heteroatoms. The van der Waals surface area contributed by atoms with Crippen LogP contribution in [0.5, 0.6) is 5.75 Å². The molecule has 2 aromatic rings. The second-order valence-electron chi connectivity index (χ2n) is 4.53. The molecule has 0 amide bonds. The summed E-state index contributed by atoms with van der Waals surface area (Å²) in [5, 5.41) is 19.0. The van der Waals surface area contributed by atoms with E-state index in [1.807, 2.05) is 0 Å². The first-order chi connectivity index (χ1) is 11.0. The van der Waals surface area contributed by atoms with Gasteiger partial charge in [-0.25, -0.2) is 9.59 Å². The van der Waals surface area contributed by atoms with Crippen LogP contribution < -0.4 is 3.93 Å². The van der Waals surface area contributed by atoms with Gasteiger partial charge in [0.05, 0.1) is 45.3 Å². The number of carboxylic acids is 1. The Morgan fingerprint density at radius 1 is 1.13 bits per heavy atom. The molecule has 0 bridgehead atoms. The van der Waals surface area contributed by atoms with Gasteiger partial charge in [0.2, 0.25) is 0 Å². The maximum absolute atomic E-state index is 12.1. The van der Waals surface area contributed by atoms with Crippen molar-refractivity contribution < 1.29 is 24.5 Å². The van der Waals surface area contributed by atoms with Gasteiger partial charge in [0.25, 0.3) is 0 Å². The Bertz CT molecular complexity index is 747. The number of carbonyl (C=O) groups excluding carboxylic acids is 1. The summed E-state index contributed by atoms with van der Waals surface area (Å²) in [5.74, 6) is -1.74. The van der Waals surface area contributed by atoms with Crippen molar-refractivity contribution in [3.05, 3.63) is 53.6 Å². The zero-order valence-electron chi connectivity index (χ0n) is 12.2. The van der Waals surface area contributed by atoms with Crippen LogP contribution >= 0.6 is 16.1 Å². The first kappa shape index (κ1) is 16.8. The van der Waals surface area contributed by atoms with Crippen LogP contribution in [0.3, 0.4) is 0 Å². The number of phenolic OH excluding ortho intramolecular Hbond substituents is 1. The highest BCUT2D eigenvalue weighted by Gasteiger charge is 2.21. The van der Waals surface area contributed by atoms with E-state index in [0.717, 1.165) is 0 Å². The molecule has 0 saturated carbocycles. The number of aromatic carboxylic acids is 1. The first-order valence-corrected chi connectivity index (χ1v) is 7.45. The quantitative estimate of drug-likeness (QED) is 0.608. The third-order valence-electron chi connectivity index (χ3n) is 3.03. The van der Waals surface area contributed by atoms with Crippen molar-refractivity contribution in [2.75, 3.05) is 10.5 Å². The zero-order chi connectivity index (χ0) is 17.0. The Balaban J connectivity index is 2.55. The smallest absolute Gasteiger partial charge is 0.340 e. The number of carboxylic acid groups (broad SMARTS) is 1. The molecule has 6 nitrogen and oxygen atoms in total. The predicted octanol–water partition coefficient (Wildman–Crippen LogP) is 3.72.